The molecule has 0 fully saturated rings. The van der Waals surface area contributed by atoms with E-state index >= 15 is 0 Å². The van der Waals surface area contributed by atoms with E-state index in [1.54, 1.807) is 0 Å². The zero-order valence-corrected chi connectivity index (χ0v) is 18.6. The molecular formula is C22H25BrN2O6. The zero-order valence-electron chi connectivity index (χ0n) is 17.0. The number of amides is 2. The lowest BCUT2D eigenvalue weighted by Crippen LogP contribution is -2.45. The number of hydrogen-bond donors (Lipinski definition) is 3. The molecule has 0 saturated heterocycles. The van der Waals surface area contributed by atoms with Crippen LogP contribution in [0.3, 0.4) is 0 Å². The average molecular weight is 493 g/mol. The minimum atomic E-state index is -1.14. The molecule has 0 saturated carbocycles. The van der Waals surface area contributed by atoms with E-state index in [0.29, 0.717) is 0 Å². The van der Waals surface area contributed by atoms with E-state index in [-0.39, 0.29) is 26.0 Å². The van der Waals surface area contributed by atoms with Crippen LogP contribution in [0.25, 0.3) is 0 Å². The molecule has 3 N–H and O–H groups in total. The van der Waals surface area contributed by atoms with Gasteiger partial charge in [0.1, 0.15) is 12.6 Å². The third-order valence-corrected chi connectivity index (χ3v) is 4.82. The lowest BCUT2D eigenvalue weighted by molar-refractivity contribution is -0.145. The molecular weight excluding hydrogens is 468 g/mol. The minimum absolute atomic E-state index is 0.0973. The smallest absolute Gasteiger partial charge is 0.407 e. The largest absolute Gasteiger partial charge is 0.467 e. The number of benzene rings is 2. The summed E-state index contributed by atoms with van der Waals surface area (Å²) < 4.78 is 10.7. The van der Waals surface area contributed by atoms with E-state index in [4.69, 9.17) is 9.47 Å². The topological polar surface area (TPSA) is 114 Å². The number of rotatable bonds is 10. The van der Waals surface area contributed by atoms with Crippen molar-refractivity contribution in [3.05, 3.63) is 70.2 Å². The van der Waals surface area contributed by atoms with E-state index in [1.807, 2.05) is 54.6 Å². The molecule has 0 bridgehead atoms. The Balaban J connectivity index is 1.76. The van der Waals surface area contributed by atoms with Crippen molar-refractivity contribution < 1.29 is 29.0 Å². The molecule has 31 heavy (non-hydrogen) atoms. The van der Waals surface area contributed by atoms with Gasteiger partial charge in [-0.2, -0.15) is 0 Å². The lowest BCUT2D eigenvalue weighted by atomic mass is 10.1. The van der Waals surface area contributed by atoms with Crippen LogP contribution in [0.1, 0.15) is 17.5 Å². The first-order valence-corrected chi connectivity index (χ1v) is 10.4. The van der Waals surface area contributed by atoms with Crippen molar-refractivity contribution in [2.45, 2.75) is 31.6 Å². The number of hydrogen-bond acceptors (Lipinski definition) is 6. The first kappa shape index (κ1) is 24.4. The second-order valence-electron chi connectivity index (χ2n) is 6.77. The molecule has 2 aromatic rings. The Morgan fingerprint density at radius 3 is 2.35 bits per heavy atom. The van der Waals surface area contributed by atoms with Crippen molar-refractivity contribution in [2.24, 2.45) is 0 Å². The Morgan fingerprint density at radius 2 is 1.71 bits per heavy atom. The average Bonchev–Trinajstić information content (AvgIpc) is 2.77. The summed E-state index contributed by atoms with van der Waals surface area (Å²) in [6, 6.07) is 15.6. The Labute approximate surface area is 189 Å². The van der Waals surface area contributed by atoms with Gasteiger partial charge < -0.3 is 25.2 Å². The van der Waals surface area contributed by atoms with Crippen LogP contribution < -0.4 is 10.6 Å². The highest BCUT2D eigenvalue weighted by Gasteiger charge is 2.23. The maximum Gasteiger partial charge on any atom is 0.407 e. The van der Waals surface area contributed by atoms with Gasteiger partial charge in [0.15, 0.2) is 0 Å². The first-order valence-electron chi connectivity index (χ1n) is 9.61. The Kier molecular flexibility index (Phi) is 9.99. The van der Waals surface area contributed by atoms with Crippen LogP contribution in [0.15, 0.2) is 59.1 Å². The number of aliphatic hydroxyl groups is 1. The highest BCUT2D eigenvalue weighted by Crippen LogP contribution is 2.12. The van der Waals surface area contributed by atoms with Gasteiger partial charge >= 0.3 is 12.1 Å². The number of halogens is 1. The summed E-state index contributed by atoms with van der Waals surface area (Å²) >= 11 is 3.34. The Bertz CT molecular complexity index is 860. The van der Waals surface area contributed by atoms with E-state index in [1.165, 1.54) is 7.11 Å². The highest BCUT2D eigenvalue weighted by atomic mass is 79.9. The van der Waals surface area contributed by atoms with E-state index in [2.05, 4.69) is 26.6 Å². The van der Waals surface area contributed by atoms with Crippen molar-refractivity contribution >= 4 is 33.9 Å². The summed E-state index contributed by atoms with van der Waals surface area (Å²) in [4.78, 5) is 36.0. The van der Waals surface area contributed by atoms with E-state index < -0.39 is 30.1 Å². The van der Waals surface area contributed by atoms with Crippen molar-refractivity contribution in [1.29, 1.82) is 0 Å². The first-order chi connectivity index (χ1) is 14.9. The number of carbonyl (C=O) groups is 3. The number of carbonyl (C=O) groups excluding carboxylic acids is 3. The zero-order chi connectivity index (χ0) is 22.6. The summed E-state index contributed by atoms with van der Waals surface area (Å²) in [6.45, 7) is -0.0727. The summed E-state index contributed by atoms with van der Waals surface area (Å²) in [5.41, 5.74) is 1.67. The standard InChI is InChI=1S/C22H25BrN2O6/c1-30-21(28)19(11-15-7-9-17(23)10-8-15)25-20(27)12-18(26)13-24-22(29)31-14-16-5-3-2-4-6-16/h2-10,18-19,26H,11-14H2,1H3,(H,24,29)(H,25,27)/t18-,19-/m1/s1. The number of aliphatic hydroxyl groups excluding tert-OH is 1. The van der Waals surface area contributed by atoms with Crippen LogP contribution >= 0.6 is 15.9 Å². The molecule has 2 atom stereocenters. The molecule has 2 aromatic carbocycles. The lowest BCUT2D eigenvalue weighted by Gasteiger charge is -2.18. The number of ether oxygens (including phenoxy) is 2. The van der Waals surface area contributed by atoms with Crippen molar-refractivity contribution in [2.75, 3.05) is 13.7 Å². The fourth-order valence-corrected chi connectivity index (χ4v) is 2.97. The van der Waals surface area contributed by atoms with Gasteiger partial charge in [-0.25, -0.2) is 9.59 Å². The number of methoxy groups -OCH3 is 1. The predicted molar refractivity (Wildman–Crippen MR) is 117 cm³/mol. The van der Waals surface area contributed by atoms with Gasteiger partial charge in [0.25, 0.3) is 0 Å². The molecule has 0 heterocycles. The van der Waals surface area contributed by atoms with Crippen LogP contribution in [0.5, 0.6) is 0 Å². The molecule has 0 spiro atoms. The van der Waals surface area contributed by atoms with Gasteiger partial charge in [-0.3, -0.25) is 4.79 Å². The third kappa shape index (κ3) is 9.18. The van der Waals surface area contributed by atoms with Gasteiger partial charge in [-0.1, -0.05) is 58.4 Å². The van der Waals surface area contributed by atoms with E-state index in [9.17, 15) is 19.5 Å². The van der Waals surface area contributed by atoms with E-state index in [0.717, 1.165) is 15.6 Å². The maximum absolute atomic E-state index is 12.3. The minimum Gasteiger partial charge on any atom is -0.467 e. The van der Waals surface area contributed by atoms with Crippen molar-refractivity contribution in [3.63, 3.8) is 0 Å². The van der Waals surface area contributed by atoms with Gasteiger partial charge in [-0.15, -0.1) is 0 Å². The highest BCUT2D eigenvalue weighted by molar-refractivity contribution is 9.10. The van der Waals surface area contributed by atoms with Crippen molar-refractivity contribution in [3.8, 4) is 0 Å². The molecule has 0 aromatic heterocycles. The second-order valence-corrected chi connectivity index (χ2v) is 7.69. The van der Waals surface area contributed by atoms with Gasteiger partial charge in [0.05, 0.1) is 19.6 Å². The molecule has 8 nitrogen and oxygen atoms in total. The summed E-state index contributed by atoms with van der Waals surface area (Å²) in [7, 11) is 1.24. The van der Waals surface area contributed by atoms with Crippen molar-refractivity contribution in [1.82, 2.24) is 10.6 Å². The third-order valence-electron chi connectivity index (χ3n) is 4.29. The second kappa shape index (κ2) is 12.7. The normalized spacial score (nSPS) is 12.4. The summed E-state index contributed by atoms with van der Waals surface area (Å²) in [6.07, 6.45) is -1.90. The number of esters is 1. The van der Waals surface area contributed by atoms with Gasteiger partial charge in [-0.05, 0) is 23.3 Å². The fourth-order valence-electron chi connectivity index (χ4n) is 2.71. The Morgan fingerprint density at radius 1 is 1.03 bits per heavy atom. The molecule has 0 aliphatic rings. The molecule has 0 unspecified atom stereocenters. The molecule has 0 aliphatic carbocycles. The van der Waals surface area contributed by atoms with Crippen LogP contribution in [-0.4, -0.2) is 48.9 Å². The summed E-state index contributed by atoms with van der Waals surface area (Å²) in [5.74, 6) is -1.13. The molecule has 0 aliphatic heterocycles. The maximum atomic E-state index is 12.3. The predicted octanol–water partition coefficient (Wildman–Crippen LogP) is 2.33. The fraction of sp³-hybridized carbons (Fsp3) is 0.318. The molecule has 2 amide bonds. The molecule has 9 heteroatoms. The molecule has 0 radical (unpaired) electrons. The summed E-state index contributed by atoms with van der Waals surface area (Å²) in [5, 5.41) is 15.0. The number of alkyl carbamates (subject to hydrolysis) is 1. The van der Waals surface area contributed by atoms with Crippen LogP contribution in [0.2, 0.25) is 0 Å². The molecule has 166 valence electrons. The van der Waals surface area contributed by atoms with Gasteiger partial charge in [0, 0.05) is 17.4 Å². The number of nitrogens with one attached hydrogen (secondary N) is 2. The van der Waals surface area contributed by atoms with Crippen LogP contribution in [0.4, 0.5) is 4.79 Å². The molecule has 2 rings (SSSR count). The van der Waals surface area contributed by atoms with Gasteiger partial charge in [0.2, 0.25) is 5.91 Å². The van der Waals surface area contributed by atoms with Crippen LogP contribution in [-0.2, 0) is 32.1 Å². The SMILES string of the molecule is COC(=O)[C@@H](Cc1ccc(Br)cc1)NC(=O)C[C@@H](O)CNC(=O)OCc1ccccc1. The van der Waals surface area contributed by atoms with Crippen LogP contribution in [0, 0.1) is 0 Å². The quantitative estimate of drug-likeness (QED) is 0.438. The monoisotopic (exact) mass is 492 g/mol. The Hall–Kier alpha value is -2.91.